The quantitative estimate of drug-likeness (QED) is 0.724. The zero-order valence-electron chi connectivity index (χ0n) is 16.4. The summed E-state index contributed by atoms with van der Waals surface area (Å²) in [4.78, 5) is 20.7. The van der Waals surface area contributed by atoms with E-state index in [0.29, 0.717) is 25.5 Å². The molecular formula is C21H22N4O4. The van der Waals surface area contributed by atoms with Crippen LogP contribution in [0.2, 0.25) is 0 Å². The SMILES string of the molecule is COc1cc(-c2cn(C)c3cnc(CC(N)=O)cc23)nc2c1COC21CCOC1. The first-order chi connectivity index (χ1) is 14.0. The van der Waals surface area contributed by atoms with E-state index in [0.717, 1.165) is 45.6 Å². The summed E-state index contributed by atoms with van der Waals surface area (Å²) in [6.07, 6.45) is 4.65. The first-order valence-corrected chi connectivity index (χ1v) is 9.53. The average molecular weight is 394 g/mol. The monoisotopic (exact) mass is 394 g/mol. The molecule has 3 aromatic rings. The van der Waals surface area contributed by atoms with Crippen LogP contribution in [-0.2, 0) is 39.9 Å². The van der Waals surface area contributed by atoms with E-state index in [-0.39, 0.29) is 6.42 Å². The summed E-state index contributed by atoms with van der Waals surface area (Å²) in [5.41, 5.74) is 10.0. The van der Waals surface area contributed by atoms with E-state index in [2.05, 4.69) is 4.98 Å². The Labute approximate surface area is 167 Å². The van der Waals surface area contributed by atoms with Gasteiger partial charge in [0.1, 0.15) is 11.4 Å². The van der Waals surface area contributed by atoms with Crippen molar-refractivity contribution in [3.63, 3.8) is 0 Å². The Hall–Kier alpha value is -2.97. The molecule has 1 saturated heterocycles. The lowest BCUT2D eigenvalue weighted by Gasteiger charge is -2.21. The van der Waals surface area contributed by atoms with Crippen LogP contribution in [0.1, 0.15) is 23.4 Å². The Kier molecular flexibility index (Phi) is 4.07. The van der Waals surface area contributed by atoms with Gasteiger partial charge < -0.3 is 24.5 Å². The number of amides is 1. The molecule has 0 aliphatic carbocycles. The molecule has 0 radical (unpaired) electrons. The number of rotatable bonds is 4. The van der Waals surface area contributed by atoms with Crippen LogP contribution in [0.25, 0.3) is 22.2 Å². The van der Waals surface area contributed by atoms with E-state index in [1.54, 1.807) is 13.3 Å². The van der Waals surface area contributed by atoms with E-state index in [1.165, 1.54) is 0 Å². The van der Waals surface area contributed by atoms with E-state index in [4.69, 9.17) is 24.9 Å². The molecule has 2 N–H and O–H groups in total. The summed E-state index contributed by atoms with van der Waals surface area (Å²) < 4.78 is 19.4. The van der Waals surface area contributed by atoms with Gasteiger partial charge in [-0.25, -0.2) is 4.98 Å². The molecule has 2 aliphatic rings. The Balaban J connectivity index is 1.70. The second-order valence-electron chi connectivity index (χ2n) is 7.61. The lowest BCUT2D eigenvalue weighted by molar-refractivity contribution is -0.117. The van der Waals surface area contributed by atoms with Crippen LogP contribution in [0.15, 0.2) is 24.5 Å². The number of pyridine rings is 2. The summed E-state index contributed by atoms with van der Waals surface area (Å²) in [6, 6.07) is 3.85. The summed E-state index contributed by atoms with van der Waals surface area (Å²) in [6.45, 7) is 1.63. The highest BCUT2D eigenvalue weighted by molar-refractivity contribution is 5.95. The number of aromatic nitrogens is 3. The second-order valence-corrected chi connectivity index (χ2v) is 7.61. The van der Waals surface area contributed by atoms with Gasteiger partial charge in [-0.2, -0.15) is 0 Å². The van der Waals surface area contributed by atoms with Gasteiger partial charge >= 0.3 is 0 Å². The largest absolute Gasteiger partial charge is 0.496 e. The number of aryl methyl sites for hydroxylation is 1. The molecule has 8 heteroatoms. The molecule has 1 unspecified atom stereocenters. The highest BCUT2D eigenvalue weighted by atomic mass is 16.6. The van der Waals surface area contributed by atoms with Gasteiger partial charge in [-0.1, -0.05) is 0 Å². The van der Waals surface area contributed by atoms with Gasteiger partial charge in [0.05, 0.1) is 55.5 Å². The first kappa shape index (κ1) is 18.1. The van der Waals surface area contributed by atoms with Crippen molar-refractivity contribution in [3.05, 3.63) is 41.5 Å². The molecule has 5 heterocycles. The molecule has 2 aliphatic heterocycles. The minimum atomic E-state index is -0.498. The third kappa shape index (κ3) is 2.79. The van der Waals surface area contributed by atoms with Crippen LogP contribution < -0.4 is 10.5 Å². The van der Waals surface area contributed by atoms with Crippen molar-refractivity contribution >= 4 is 16.8 Å². The molecule has 8 nitrogen and oxygen atoms in total. The van der Waals surface area contributed by atoms with Crippen molar-refractivity contribution in [2.24, 2.45) is 12.8 Å². The van der Waals surface area contributed by atoms with Gasteiger partial charge in [0, 0.05) is 48.9 Å². The molecule has 0 aromatic carbocycles. The number of hydrogen-bond acceptors (Lipinski definition) is 6. The molecule has 0 bridgehead atoms. The Bertz CT molecular complexity index is 1130. The highest BCUT2D eigenvalue weighted by Gasteiger charge is 2.46. The fraction of sp³-hybridized carbons (Fsp3) is 0.381. The number of primary amides is 1. The number of nitrogens with two attached hydrogens (primary N) is 1. The Morgan fingerprint density at radius 2 is 2.28 bits per heavy atom. The number of carbonyl (C=O) groups excluding carboxylic acids is 1. The predicted octanol–water partition coefficient (Wildman–Crippen LogP) is 1.82. The van der Waals surface area contributed by atoms with Crippen LogP contribution in [0, 0.1) is 0 Å². The van der Waals surface area contributed by atoms with Gasteiger partial charge in [0.25, 0.3) is 0 Å². The Morgan fingerprint density at radius 1 is 1.41 bits per heavy atom. The third-order valence-electron chi connectivity index (χ3n) is 5.78. The average Bonchev–Trinajstić information content (AvgIpc) is 3.40. The maximum absolute atomic E-state index is 11.3. The van der Waals surface area contributed by atoms with Crippen LogP contribution in [0.5, 0.6) is 5.75 Å². The van der Waals surface area contributed by atoms with Gasteiger partial charge in [-0.3, -0.25) is 9.78 Å². The van der Waals surface area contributed by atoms with Crippen LogP contribution in [0.4, 0.5) is 0 Å². The summed E-state index contributed by atoms with van der Waals surface area (Å²) in [5.74, 6) is 0.351. The zero-order chi connectivity index (χ0) is 20.2. The fourth-order valence-electron chi connectivity index (χ4n) is 4.31. The molecule has 3 aromatic heterocycles. The summed E-state index contributed by atoms with van der Waals surface area (Å²) in [5, 5.41) is 0.962. The molecule has 0 saturated carbocycles. The van der Waals surface area contributed by atoms with E-state index in [9.17, 15) is 4.79 Å². The number of carbonyl (C=O) groups is 1. The number of methoxy groups -OCH3 is 1. The minimum Gasteiger partial charge on any atom is -0.496 e. The highest BCUT2D eigenvalue weighted by Crippen LogP contribution is 2.46. The minimum absolute atomic E-state index is 0.0967. The first-order valence-electron chi connectivity index (χ1n) is 9.53. The fourth-order valence-corrected chi connectivity index (χ4v) is 4.31. The molecule has 1 spiro atoms. The van der Waals surface area contributed by atoms with E-state index < -0.39 is 11.5 Å². The topological polar surface area (TPSA) is 101 Å². The van der Waals surface area contributed by atoms with Crippen LogP contribution in [0.3, 0.4) is 0 Å². The lowest BCUT2D eigenvalue weighted by Crippen LogP contribution is -2.26. The van der Waals surface area contributed by atoms with Gasteiger partial charge in [0.15, 0.2) is 0 Å². The maximum Gasteiger partial charge on any atom is 0.223 e. The van der Waals surface area contributed by atoms with E-state index >= 15 is 0 Å². The number of nitrogens with zero attached hydrogens (tertiary/aromatic N) is 3. The van der Waals surface area contributed by atoms with Crippen molar-refractivity contribution in [1.29, 1.82) is 0 Å². The summed E-state index contributed by atoms with van der Waals surface area (Å²) in [7, 11) is 3.62. The molecule has 5 rings (SSSR count). The standard InChI is InChI=1S/C21H22N4O4/c1-25-9-14(13-5-12(6-19(22)26)23-8-17(13)25)16-7-18(27-2)15-10-29-21(20(15)24-16)3-4-28-11-21/h5,7-9H,3-4,6,10-11H2,1-2H3,(H2,22,26). The Morgan fingerprint density at radius 3 is 3.00 bits per heavy atom. The smallest absolute Gasteiger partial charge is 0.223 e. The zero-order valence-corrected chi connectivity index (χ0v) is 16.4. The lowest BCUT2D eigenvalue weighted by atomic mass is 9.95. The molecule has 29 heavy (non-hydrogen) atoms. The predicted molar refractivity (Wildman–Crippen MR) is 105 cm³/mol. The van der Waals surface area contributed by atoms with Gasteiger partial charge in [0.2, 0.25) is 5.91 Å². The van der Waals surface area contributed by atoms with Crippen molar-refractivity contribution < 1.29 is 19.0 Å². The van der Waals surface area contributed by atoms with Crippen LogP contribution in [-0.4, -0.2) is 40.8 Å². The molecule has 150 valence electrons. The molecule has 1 fully saturated rings. The molecule has 1 atom stereocenters. The number of ether oxygens (including phenoxy) is 3. The second kappa shape index (κ2) is 6.53. The maximum atomic E-state index is 11.3. The van der Waals surface area contributed by atoms with Crippen molar-refractivity contribution in [2.75, 3.05) is 20.3 Å². The molecule has 1 amide bonds. The van der Waals surface area contributed by atoms with Gasteiger partial charge in [-0.05, 0) is 6.07 Å². The van der Waals surface area contributed by atoms with Crippen LogP contribution >= 0.6 is 0 Å². The number of hydrogen-bond donors (Lipinski definition) is 1. The summed E-state index contributed by atoms with van der Waals surface area (Å²) >= 11 is 0. The van der Waals surface area contributed by atoms with E-state index in [1.807, 2.05) is 29.9 Å². The van der Waals surface area contributed by atoms with Crippen molar-refractivity contribution in [1.82, 2.24) is 14.5 Å². The third-order valence-corrected chi connectivity index (χ3v) is 5.78. The van der Waals surface area contributed by atoms with Crippen molar-refractivity contribution in [3.8, 4) is 17.0 Å². The normalized spacial score (nSPS) is 20.5. The van der Waals surface area contributed by atoms with Crippen molar-refractivity contribution in [2.45, 2.75) is 25.0 Å². The number of fused-ring (bicyclic) bond motifs is 3. The van der Waals surface area contributed by atoms with Gasteiger partial charge in [-0.15, -0.1) is 0 Å². The molecular weight excluding hydrogens is 372 g/mol.